The van der Waals surface area contributed by atoms with Gasteiger partial charge in [0.05, 0.1) is 16.6 Å². The molecule has 1 atom stereocenters. The molecule has 0 bridgehead atoms. The number of hydrogen-bond acceptors (Lipinski definition) is 3. The highest BCUT2D eigenvalue weighted by Crippen LogP contribution is 2.30. The second-order valence-corrected chi connectivity index (χ2v) is 5.08. The van der Waals surface area contributed by atoms with E-state index in [4.69, 9.17) is 23.1 Å². The van der Waals surface area contributed by atoms with Crippen LogP contribution in [0.5, 0.6) is 0 Å². The zero-order valence-electron chi connectivity index (χ0n) is 10.2. The van der Waals surface area contributed by atoms with Crippen LogP contribution >= 0.6 is 11.6 Å². The van der Waals surface area contributed by atoms with Crippen LogP contribution < -0.4 is 16.4 Å². The van der Waals surface area contributed by atoms with E-state index in [0.29, 0.717) is 18.1 Å². The van der Waals surface area contributed by atoms with Gasteiger partial charge in [0.2, 0.25) is 5.91 Å². The smallest absolute Gasteiger partial charge is 0.222 e. The number of piperidine rings is 1. The summed E-state index contributed by atoms with van der Waals surface area (Å²) in [5, 5.41) is 0.683. The summed E-state index contributed by atoms with van der Waals surface area (Å²) in [4.78, 5) is 13.4. The van der Waals surface area contributed by atoms with E-state index in [1.54, 1.807) is 0 Å². The van der Waals surface area contributed by atoms with E-state index in [2.05, 4.69) is 4.90 Å². The Kier molecular flexibility index (Phi) is 4.09. The molecule has 1 aliphatic heterocycles. The van der Waals surface area contributed by atoms with Gasteiger partial charge in [-0.3, -0.25) is 4.79 Å². The van der Waals surface area contributed by atoms with E-state index in [9.17, 15) is 4.79 Å². The first-order valence-electron chi connectivity index (χ1n) is 6.14. The van der Waals surface area contributed by atoms with Gasteiger partial charge in [0.15, 0.2) is 0 Å². The maximum atomic E-state index is 11.3. The first-order valence-corrected chi connectivity index (χ1v) is 6.52. The number of anilines is 1. The summed E-state index contributed by atoms with van der Waals surface area (Å²) in [5.74, 6) is -0.307. The number of primary amides is 1. The van der Waals surface area contributed by atoms with Crippen molar-refractivity contribution in [1.82, 2.24) is 0 Å². The van der Waals surface area contributed by atoms with Crippen molar-refractivity contribution in [2.45, 2.75) is 19.4 Å². The molecule has 1 aromatic rings. The molecule has 1 saturated heterocycles. The van der Waals surface area contributed by atoms with Gasteiger partial charge in [-0.15, -0.1) is 0 Å². The van der Waals surface area contributed by atoms with Crippen LogP contribution in [0, 0.1) is 5.92 Å². The number of rotatable bonds is 3. The molecule has 0 spiro atoms. The van der Waals surface area contributed by atoms with Crippen molar-refractivity contribution < 1.29 is 4.79 Å². The predicted molar refractivity (Wildman–Crippen MR) is 73.5 cm³/mol. The fraction of sp³-hybridized carbons (Fsp3) is 0.462. The Hall–Kier alpha value is -1.26. The standard InChI is InChI=1S/C13H18ClN3O/c14-11-6-9(7-15)3-4-12(11)17-5-1-2-10(8-17)13(16)18/h3-4,6,10H,1-2,5,7-8,15H2,(H2,16,18). The number of carbonyl (C=O) groups is 1. The first kappa shape index (κ1) is 13.2. The van der Waals surface area contributed by atoms with E-state index in [0.717, 1.165) is 30.6 Å². The fourth-order valence-electron chi connectivity index (χ4n) is 2.36. The summed E-state index contributed by atoms with van der Waals surface area (Å²) < 4.78 is 0. The molecule has 2 rings (SSSR count). The van der Waals surface area contributed by atoms with Gasteiger partial charge in [0.1, 0.15) is 0 Å². The lowest BCUT2D eigenvalue weighted by atomic mass is 9.97. The van der Waals surface area contributed by atoms with Gasteiger partial charge in [-0.05, 0) is 30.5 Å². The molecule has 98 valence electrons. The van der Waals surface area contributed by atoms with Gasteiger partial charge in [0.25, 0.3) is 0 Å². The maximum Gasteiger partial charge on any atom is 0.222 e. The largest absolute Gasteiger partial charge is 0.370 e. The van der Waals surface area contributed by atoms with Crippen molar-refractivity contribution in [3.8, 4) is 0 Å². The van der Waals surface area contributed by atoms with Crippen LogP contribution in [0.1, 0.15) is 18.4 Å². The number of hydrogen-bond donors (Lipinski definition) is 2. The number of halogens is 1. The highest BCUT2D eigenvalue weighted by Gasteiger charge is 2.25. The Balaban J connectivity index is 2.18. The van der Waals surface area contributed by atoms with Crippen LogP contribution in [-0.2, 0) is 11.3 Å². The number of benzene rings is 1. The van der Waals surface area contributed by atoms with Crippen molar-refractivity contribution in [2.24, 2.45) is 17.4 Å². The van der Waals surface area contributed by atoms with Gasteiger partial charge in [-0.2, -0.15) is 0 Å². The van der Waals surface area contributed by atoms with Crippen molar-refractivity contribution in [3.05, 3.63) is 28.8 Å². The monoisotopic (exact) mass is 267 g/mol. The Bertz CT molecular complexity index is 450. The molecular weight excluding hydrogens is 250 g/mol. The van der Waals surface area contributed by atoms with Crippen LogP contribution in [-0.4, -0.2) is 19.0 Å². The van der Waals surface area contributed by atoms with Gasteiger partial charge < -0.3 is 16.4 Å². The van der Waals surface area contributed by atoms with Crippen LogP contribution in [0.3, 0.4) is 0 Å². The Labute approximate surface area is 112 Å². The van der Waals surface area contributed by atoms with Crippen LogP contribution in [0.25, 0.3) is 0 Å². The molecule has 5 heteroatoms. The molecule has 1 aromatic carbocycles. The molecule has 4 N–H and O–H groups in total. The predicted octanol–water partition coefficient (Wildman–Crippen LogP) is 1.50. The molecule has 0 aromatic heterocycles. The number of amides is 1. The second-order valence-electron chi connectivity index (χ2n) is 4.68. The highest BCUT2D eigenvalue weighted by molar-refractivity contribution is 6.33. The van der Waals surface area contributed by atoms with Crippen LogP contribution in [0.15, 0.2) is 18.2 Å². The van der Waals surface area contributed by atoms with E-state index >= 15 is 0 Å². The lowest BCUT2D eigenvalue weighted by molar-refractivity contribution is -0.122. The molecule has 1 fully saturated rings. The molecule has 0 radical (unpaired) electrons. The average molecular weight is 268 g/mol. The summed E-state index contributed by atoms with van der Waals surface area (Å²) in [7, 11) is 0. The van der Waals surface area contributed by atoms with E-state index in [1.807, 2.05) is 18.2 Å². The Morgan fingerprint density at radius 2 is 2.28 bits per heavy atom. The Morgan fingerprint density at radius 3 is 2.89 bits per heavy atom. The summed E-state index contributed by atoms with van der Waals surface area (Å²) in [5.41, 5.74) is 12.9. The molecule has 0 aliphatic carbocycles. The minimum Gasteiger partial charge on any atom is -0.370 e. The minimum atomic E-state index is -0.227. The van der Waals surface area contributed by atoms with Crippen molar-refractivity contribution in [3.63, 3.8) is 0 Å². The van der Waals surface area contributed by atoms with Crippen molar-refractivity contribution >= 4 is 23.2 Å². The van der Waals surface area contributed by atoms with Gasteiger partial charge in [-0.1, -0.05) is 17.7 Å². The molecule has 1 heterocycles. The molecule has 4 nitrogen and oxygen atoms in total. The molecule has 1 aliphatic rings. The van der Waals surface area contributed by atoms with Crippen LogP contribution in [0.2, 0.25) is 5.02 Å². The third-order valence-corrected chi connectivity index (χ3v) is 3.71. The number of nitrogens with zero attached hydrogens (tertiary/aromatic N) is 1. The third-order valence-electron chi connectivity index (χ3n) is 3.41. The van der Waals surface area contributed by atoms with E-state index in [1.165, 1.54) is 0 Å². The molecule has 0 saturated carbocycles. The first-order chi connectivity index (χ1) is 8.61. The van der Waals surface area contributed by atoms with Crippen LogP contribution in [0.4, 0.5) is 5.69 Å². The average Bonchev–Trinajstić information content (AvgIpc) is 2.38. The second kappa shape index (κ2) is 5.59. The molecular formula is C13H18ClN3O. The number of nitrogens with two attached hydrogens (primary N) is 2. The molecule has 18 heavy (non-hydrogen) atoms. The zero-order valence-corrected chi connectivity index (χ0v) is 11.0. The number of carbonyl (C=O) groups excluding carboxylic acids is 1. The molecule has 1 unspecified atom stereocenters. The summed E-state index contributed by atoms with van der Waals surface area (Å²) in [6.45, 7) is 2.03. The van der Waals surface area contributed by atoms with Crippen molar-refractivity contribution in [2.75, 3.05) is 18.0 Å². The van der Waals surface area contributed by atoms with Gasteiger partial charge in [-0.25, -0.2) is 0 Å². The highest BCUT2D eigenvalue weighted by atomic mass is 35.5. The quantitative estimate of drug-likeness (QED) is 0.872. The van der Waals surface area contributed by atoms with Gasteiger partial charge in [0, 0.05) is 19.6 Å². The van der Waals surface area contributed by atoms with Crippen molar-refractivity contribution in [1.29, 1.82) is 0 Å². The summed E-state index contributed by atoms with van der Waals surface area (Å²) in [6, 6.07) is 5.81. The van der Waals surface area contributed by atoms with E-state index < -0.39 is 0 Å². The summed E-state index contributed by atoms with van der Waals surface area (Å²) in [6.07, 6.45) is 1.83. The summed E-state index contributed by atoms with van der Waals surface area (Å²) >= 11 is 6.26. The molecule has 1 amide bonds. The minimum absolute atomic E-state index is 0.0796. The third kappa shape index (κ3) is 2.76. The normalized spacial score (nSPS) is 19.9. The fourth-order valence-corrected chi connectivity index (χ4v) is 2.68. The topological polar surface area (TPSA) is 72.3 Å². The van der Waals surface area contributed by atoms with Gasteiger partial charge >= 0.3 is 0 Å². The lowest BCUT2D eigenvalue weighted by Gasteiger charge is -2.33. The van der Waals surface area contributed by atoms with E-state index in [-0.39, 0.29) is 11.8 Å². The SMILES string of the molecule is NCc1ccc(N2CCCC(C(N)=O)C2)c(Cl)c1. The lowest BCUT2D eigenvalue weighted by Crippen LogP contribution is -2.41. The Morgan fingerprint density at radius 1 is 1.50 bits per heavy atom. The zero-order chi connectivity index (χ0) is 13.1. The maximum absolute atomic E-state index is 11.3.